The first kappa shape index (κ1) is 18.3. The van der Waals surface area contributed by atoms with Gasteiger partial charge in [0.15, 0.2) is 9.84 Å². The fraction of sp³-hybridized carbons (Fsp3) is 0.250. The zero-order valence-electron chi connectivity index (χ0n) is 13.8. The van der Waals surface area contributed by atoms with Gasteiger partial charge in [0.05, 0.1) is 17.7 Å². The quantitative estimate of drug-likeness (QED) is 0.875. The van der Waals surface area contributed by atoms with Crippen molar-refractivity contribution in [2.24, 2.45) is 0 Å². The summed E-state index contributed by atoms with van der Waals surface area (Å²) in [5.41, 5.74) is 2.08. The number of methoxy groups -OCH3 is 1. The molecular weight excluding hydrogens is 350 g/mol. The maximum Gasteiger partial charge on any atom is 0.265 e. The third-order valence-corrected chi connectivity index (χ3v) is 5.99. The highest BCUT2D eigenvalue weighted by atomic mass is 32.2. The minimum atomic E-state index is -4.02. The van der Waals surface area contributed by atoms with Crippen LogP contribution in [0.1, 0.15) is 11.1 Å². The Morgan fingerprint density at radius 2 is 1.62 bits per heavy atom. The summed E-state index contributed by atoms with van der Waals surface area (Å²) in [6.07, 6.45) is 1.02. The summed E-state index contributed by atoms with van der Waals surface area (Å²) in [6, 6.07) is 9.12. The minimum absolute atomic E-state index is 0.0696. The molecule has 130 valence electrons. The molecule has 8 heteroatoms. The number of benzene rings is 2. The van der Waals surface area contributed by atoms with Crippen LogP contribution in [0.25, 0.3) is 0 Å². The lowest BCUT2D eigenvalue weighted by atomic mass is 10.1. The molecule has 0 aromatic heterocycles. The molecule has 0 radical (unpaired) electrons. The van der Waals surface area contributed by atoms with Crippen LogP contribution in [0.2, 0.25) is 0 Å². The normalized spacial score (nSPS) is 12.0. The smallest absolute Gasteiger partial charge is 0.265 e. The number of rotatable bonds is 5. The third-order valence-electron chi connectivity index (χ3n) is 3.49. The molecule has 2 aromatic carbocycles. The molecule has 0 saturated heterocycles. The van der Waals surface area contributed by atoms with Crippen LogP contribution < -0.4 is 9.46 Å². The molecule has 0 spiro atoms. The Morgan fingerprint density at radius 3 is 2.21 bits per heavy atom. The van der Waals surface area contributed by atoms with Gasteiger partial charge in [0, 0.05) is 6.26 Å². The molecule has 0 bridgehead atoms. The predicted molar refractivity (Wildman–Crippen MR) is 92.8 cm³/mol. The molecule has 2 rings (SSSR count). The SMILES string of the molecule is COc1ccc(S(C)(=O)=O)cc1S(=O)(=O)Nc1cc(C)ccc1C. The second-order valence-electron chi connectivity index (χ2n) is 5.51. The third kappa shape index (κ3) is 3.88. The summed E-state index contributed by atoms with van der Waals surface area (Å²) in [5, 5.41) is 0. The van der Waals surface area contributed by atoms with E-state index in [4.69, 9.17) is 4.74 Å². The molecular formula is C16H19NO5S2. The topological polar surface area (TPSA) is 89.5 Å². The minimum Gasteiger partial charge on any atom is -0.495 e. The van der Waals surface area contributed by atoms with Gasteiger partial charge in [0.25, 0.3) is 10.0 Å². The van der Waals surface area contributed by atoms with E-state index in [1.807, 2.05) is 13.0 Å². The highest BCUT2D eigenvalue weighted by Gasteiger charge is 2.23. The van der Waals surface area contributed by atoms with Crippen molar-refractivity contribution >= 4 is 25.5 Å². The van der Waals surface area contributed by atoms with Crippen LogP contribution in [0.15, 0.2) is 46.2 Å². The van der Waals surface area contributed by atoms with Crippen molar-refractivity contribution in [1.82, 2.24) is 0 Å². The van der Waals surface area contributed by atoms with E-state index in [-0.39, 0.29) is 15.5 Å². The lowest BCUT2D eigenvalue weighted by molar-refractivity contribution is 0.402. The van der Waals surface area contributed by atoms with Gasteiger partial charge in [-0.15, -0.1) is 0 Å². The number of aryl methyl sites for hydroxylation is 2. The second kappa shape index (κ2) is 6.45. The van der Waals surface area contributed by atoms with Gasteiger partial charge in [-0.25, -0.2) is 16.8 Å². The molecule has 0 atom stereocenters. The van der Waals surface area contributed by atoms with E-state index in [0.717, 1.165) is 23.4 Å². The monoisotopic (exact) mass is 369 g/mol. The summed E-state index contributed by atoms with van der Waals surface area (Å²) in [7, 11) is -6.24. The van der Waals surface area contributed by atoms with Gasteiger partial charge in [-0.3, -0.25) is 4.72 Å². The van der Waals surface area contributed by atoms with Crippen molar-refractivity contribution in [1.29, 1.82) is 0 Å². The molecule has 0 aliphatic rings. The molecule has 0 amide bonds. The van der Waals surface area contributed by atoms with E-state index in [2.05, 4.69) is 4.72 Å². The van der Waals surface area contributed by atoms with Crippen LogP contribution in [0.3, 0.4) is 0 Å². The second-order valence-corrected chi connectivity index (χ2v) is 9.18. The van der Waals surface area contributed by atoms with Gasteiger partial charge in [0.2, 0.25) is 0 Å². The summed E-state index contributed by atoms with van der Waals surface area (Å²) in [6.45, 7) is 3.63. The van der Waals surface area contributed by atoms with Crippen molar-refractivity contribution in [3.8, 4) is 5.75 Å². The highest BCUT2D eigenvalue weighted by Crippen LogP contribution is 2.29. The molecule has 1 N–H and O–H groups in total. The lowest BCUT2D eigenvalue weighted by Gasteiger charge is -2.14. The summed E-state index contributed by atoms with van der Waals surface area (Å²) in [5.74, 6) is 0.0696. The van der Waals surface area contributed by atoms with E-state index < -0.39 is 19.9 Å². The molecule has 24 heavy (non-hydrogen) atoms. The molecule has 0 aliphatic heterocycles. The molecule has 6 nitrogen and oxygen atoms in total. The van der Waals surface area contributed by atoms with Crippen molar-refractivity contribution in [3.63, 3.8) is 0 Å². The Morgan fingerprint density at radius 1 is 0.958 bits per heavy atom. The number of sulfone groups is 1. The molecule has 0 unspecified atom stereocenters. The molecule has 0 heterocycles. The number of anilines is 1. The van der Waals surface area contributed by atoms with Crippen LogP contribution in [-0.2, 0) is 19.9 Å². The Balaban J connectivity index is 2.58. The average molecular weight is 369 g/mol. The average Bonchev–Trinajstić information content (AvgIpc) is 2.49. The van der Waals surface area contributed by atoms with E-state index in [1.54, 1.807) is 19.1 Å². The number of sulfonamides is 1. The molecule has 2 aromatic rings. The molecule has 0 saturated carbocycles. The Kier molecular flexibility index (Phi) is 4.91. The first-order valence-electron chi connectivity index (χ1n) is 7.03. The van der Waals surface area contributed by atoms with Gasteiger partial charge in [-0.2, -0.15) is 0 Å². The highest BCUT2D eigenvalue weighted by molar-refractivity contribution is 7.93. The number of hydrogen-bond acceptors (Lipinski definition) is 5. The maximum atomic E-state index is 12.7. The van der Waals surface area contributed by atoms with Crippen molar-refractivity contribution in [2.45, 2.75) is 23.6 Å². The maximum absolute atomic E-state index is 12.7. The Labute approximate surface area is 142 Å². The zero-order chi connectivity index (χ0) is 18.1. The zero-order valence-corrected chi connectivity index (χ0v) is 15.5. The van der Waals surface area contributed by atoms with Gasteiger partial charge in [-0.1, -0.05) is 12.1 Å². The van der Waals surface area contributed by atoms with Gasteiger partial charge < -0.3 is 4.74 Å². The van der Waals surface area contributed by atoms with Crippen LogP contribution in [0.5, 0.6) is 5.75 Å². The van der Waals surface area contributed by atoms with E-state index in [1.165, 1.54) is 19.2 Å². The fourth-order valence-electron chi connectivity index (χ4n) is 2.14. The van der Waals surface area contributed by atoms with Crippen LogP contribution in [-0.4, -0.2) is 30.2 Å². The van der Waals surface area contributed by atoms with Crippen LogP contribution >= 0.6 is 0 Å². The van der Waals surface area contributed by atoms with Crippen LogP contribution in [0.4, 0.5) is 5.69 Å². The van der Waals surface area contributed by atoms with Crippen molar-refractivity contribution < 1.29 is 21.6 Å². The molecule has 0 fully saturated rings. The van der Waals surface area contributed by atoms with Crippen molar-refractivity contribution in [2.75, 3.05) is 18.1 Å². The molecule has 0 aliphatic carbocycles. The predicted octanol–water partition coefficient (Wildman–Crippen LogP) is 2.52. The van der Waals surface area contributed by atoms with E-state index in [9.17, 15) is 16.8 Å². The van der Waals surface area contributed by atoms with Crippen LogP contribution in [0, 0.1) is 13.8 Å². The lowest BCUT2D eigenvalue weighted by Crippen LogP contribution is -2.15. The van der Waals surface area contributed by atoms with E-state index in [0.29, 0.717) is 5.69 Å². The Bertz CT molecular complexity index is 980. The van der Waals surface area contributed by atoms with E-state index >= 15 is 0 Å². The first-order chi connectivity index (χ1) is 11.0. The largest absolute Gasteiger partial charge is 0.495 e. The standard InChI is InChI=1S/C16H19NO5S2/c1-11-5-6-12(2)14(9-11)17-24(20,21)16-10-13(23(4,18)19)7-8-15(16)22-3/h5-10,17H,1-4H3. The van der Waals surface area contributed by atoms with Gasteiger partial charge in [-0.05, 0) is 49.2 Å². The number of nitrogens with one attached hydrogen (secondary N) is 1. The van der Waals surface area contributed by atoms with Gasteiger partial charge >= 0.3 is 0 Å². The summed E-state index contributed by atoms with van der Waals surface area (Å²) >= 11 is 0. The summed E-state index contributed by atoms with van der Waals surface area (Å²) < 4.78 is 56.5. The number of hydrogen-bond donors (Lipinski definition) is 1. The number of ether oxygens (including phenoxy) is 1. The Hall–Kier alpha value is -2.06. The summed E-state index contributed by atoms with van der Waals surface area (Å²) in [4.78, 5) is -0.321. The fourth-order valence-corrected chi connectivity index (χ4v) is 4.18. The van der Waals surface area contributed by atoms with Gasteiger partial charge in [0.1, 0.15) is 10.6 Å². The first-order valence-corrected chi connectivity index (χ1v) is 10.4. The van der Waals surface area contributed by atoms with Crippen molar-refractivity contribution in [3.05, 3.63) is 47.5 Å².